The van der Waals surface area contributed by atoms with Gasteiger partial charge in [-0.15, -0.1) is 0 Å². The van der Waals surface area contributed by atoms with Crippen LogP contribution in [0.4, 0.5) is 4.39 Å². The van der Waals surface area contributed by atoms with Crippen molar-refractivity contribution in [1.29, 1.82) is 0 Å². The van der Waals surface area contributed by atoms with Crippen LogP contribution in [-0.4, -0.2) is 5.11 Å². The maximum atomic E-state index is 13.5. The van der Waals surface area contributed by atoms with Gasteiger partial charge in [-0.2, -0.15) is 0 Å². The Morgan fingerprint density at radius 3 is 2.94 bits per heavy atom. The first-order valence-corrected chi connectivity index (χ1v) is 6.02. The van der Waals surface area contributed by atoms with Gasteiger partial charge in [-0.1, -0.05) is 19.1 Å². The first-order valence-electron chi connectivity index (χ1n) is 6.02. The molecule has 1 aliphatic rings. The Balaban J connectivity index is 2.15. The molecule has 1 fully saturated rings. The van der Waals surface area contributed by atoms with Crippen molar-refractivity contribution in [3.8, 4) is 0 Å². The zero-order valence-electron chi connectivity index (χ0n) is 9.74. The molecule has 0 bridgehead atoms. The standard InChI is InChI=1S/C14H15FO2/c1-9-4-3-7-14(9,16)12-8-10-5-2-6-11(15)13(10)17-12/h2,5-6,8-9,16H,3-4,7H2,1H3. The van der Waals surface area contributed by atoms with Gasteiger partial charge in [0.05, 0.1) is 0 Å². The minimum absolute atomic E-state index is 0.158. The highest BCUT2D eigenvalue weighted by Crippen LogP contribution is 2.44. The third-order valence-electron chi connectivity index (χ3n) is 3.93. The quantitative estimate of drug-likeness (QED) is 0.818. The molecule has 90 valence electrons. The van der Waals surface area contributed by atoms with Gasteiger partial charge in [0.1, 0.15) is 11.4 Å². The van der Waals surface area contributed by atoms with Gasteiger partial charge in [0.15, 0.2) is 11.4 Å². The van der Waals surface area contributed by atoms with Crippen LogP contribution in [0.5, 0.6) is 0 Å². The molecule has 1 aromatic carbocycles. The van der Waals surface area contributed by atoms with Crippen molar-refractivity contribution in [3.05, 3.63) is 35.8 Å². The van der Waals surface area contributed by atoms with E-state index in [0.717, 1.165) is 12.8 Å². The van der Waals surface area contributed by atoms with E-state index in [0.29, 0.717) is 17.6 Å². The predicted molar refractivity (Wildman–Crippen MR) is 63.1 cm³/mol. The van der Waals surface area contributed by atoms with E-state index in [9.17, 15) is 9.50 Å². The Bertz CT molecular complexity index is 560. The maximum Gasteiger partial charge on any atom is 0.170 e. The lowest BCUT2D eigenvalue weighted by atomic mass is 9.90. The number of aliphatic hydroxyl groups is 1. The fraction of sp³-hybridized carbons (Fsp3) is 0.429. The molecule has 1 aliphatic carbocycles. The number of furan rings is 1. The maximum absolute atomic E-state index is 13.5. The van der Waals surface area contributed by atoms with E-state index in [2.05, 4.69) is 0 Å². The van der Waals surface area contributed by atoms with Gasteiger partial charge in [0, 0.05) is 5.39 Å². The van der Waals surface area contributed by atoms with E-state index >= 15 is 0 Å². The van der Waals surface area contributed by atoms with E-state index in [1.807, 2.05) is 6.92 Å². The lowest BCUT2D eigenvalue weighted by Crippen LogP contribution is -2.27. The summed E-state index contributed by atoms with van der Waals surface area (Å²) in [6.07, 6.45) is 2.66. The Hall–Kier alpha value is -1.35. The molecule has 0 spiro atoms. The summed E-state index contributed by atoms with van der Waals surface area (Å²) in [7, 11) is 0. The lowest BCUT2D eigenvalue weighted by molar-refractivity contribution is -0.0145. The number of hydrogen-bond donors (Lipinski definition) is 1. The predicted octanol–water partition coefficient (Wildman–Crippen LogP) is 3.58. The monoisotopic (exact) mass is 234 g/mol. The molecule has 0 saturated heterocycles. The molecular weight excluding hydrogens is 219 g/mol. The topological polar surface area (TPSA) is 33.4 Å². The van der Waals surface area contributed by atoms with E-state index in [4.69, 9.17) is 4.42 Å². The molecule has 2 aromatic rings. The molecule has 2 nitrogen and oxygen atoms in total. The van der Waals surface area contributed by atoms with Crippen molar-refractivity contribution in [1.82, 2.24) is 0 Å². The van der Waals surface area contributed by atoms with E-state index in [1.165, 1.54) is 6.07 Å². The first-order chi connectivity index (χ1) is 8.11. The van der Waals surface area contributed by atoms with Crippen molar-refractivity contribution in [2.45, 2.75) is 31.8 Å². The summed E-state index contributed by atoms with van der Waals surface area (Å²) in [6.45, 7) is 2.01. The molecule has 3 rings (SSSR count). The third kappa shape index (κ3) is 1.49. The van der Waals surface area contributed by atoms with Crippen molar-refractivity contribution in [3.63, 3.8) is 0 Å². The minimum atomic E-state index is -0.925. The highest BCUT2D eigenvalue weighted by atomic mass is 19.1. The van der Waals surface area contributed by atoms with Crippen molar-refractivity contribution < 1.29 is 13.9 Å². The van der Waals surface area contributed by atoms with Gasteiger partial charge >= 0.3 is 0 Å². The van der Waals surface area contributed by atoms with Gasteiger partial charge in [-0.25, -0.2) is 4.39 Å². The number of rotatable bonds is 1. The summed E-state index contributed by atoms with van der Waals surface area (Å²) in [6, 6.07) is 6.59. The fourth-order valence-electron chi connectivity index (χ4n) is 2.77. The highest BCUT2D eigenvalue weighted by molar-refractivity contribution is 5.78. The molecule has 0 aliphatic heterocycles. The number of hydrogen-bond acceptors (Lipinski definition) is 2. The Morgan fingerprint density at radius 1 is 1.47 bits per heavy atom. The van der Waals surface area contributed by atoms with Crippen molar-refractivity contribution in [2.75, 3.05) is 0 Å². The van der Waals surface area contributed by atoms with Crippen LogP contribution in [-0.2, 0) is 5.60 Å². The molecular formula is C14H15FO2. The minimum Gasteiger partial charge on any atom is -0.455 e. The SMILES string of the molecule is CC1CCCC1(O)c1cc2cccc(F)c2o1. The second-order valence-electron chi connectivity index (χ2n) is 4.99. The first kappa shape index (κ1) is 10.8. The zero-order chi connectivity index (χ0) is 12.0. The van der Waals surface area contributed by atoms with Crippen molar-refractivity contribution >= 4 is 11.0 Å². The highest BCUT2D eigenvalue weighted by Gasteiger charge is 2.42. The largest absolute Gasteiger partial charge is 0.455 e. The second-order valence-corrected chi connectivity index (χ2v) is 4.99. The lowest BCUT2D eigenvalue weighted by Gasteiger charge is -2.24. The Morgan fingerprint density at radius 2 is 2.29 bits per heavy atom. The van der Waals surface area contributed by atoms with Gasteiger partial charge in [-0.05, 0) is 37.3 Å². The molecule has 3 heteroatoms. The van der Waals surface area contributed by atoms with E-state index < -0.39 is 5.60 Å². The van der Waals surface area contributed by atoms with E-state index in [1.54, 1.807) is 18.2 Å². The molecule has 2 unspecified atom stereocenters. The summed E-state index contributed by atoms with van der Waals surface area (Å²) in [5.41, 5.74) is -0.680. The van der Waals surface area contributed by atoms with Crippen LogP contribution in [0.15, 0.2) is 28.7 Å². The number of benzene rings is 1. The fourth-order valence-corrected chi connectivity index (χ4v) is 2.77. The van der Waals surface area contributed by atoms with Crippen LogP contribution in [0.3, 0.4) is 0 Å². The Kier molecular flexibility index (Phi) is 2.26. The molecule has 1 N–H and O–H groups in total. The normalized spacial score (nSPS) is 29.0. The average molecular weight is 234 g/mol. The van der Waals surface area contributed by atoms with Crippen LogP contribution in [0, 0.1) is 11.7 Å². The van der Waals surface area contributed by atoms with Gasteiger partial charge in [-0.3, -0.25) is 0 Å². The molecule has 2 atom stereocenters. The molecule has 17 heavy (non-hydrogen) atoms. The van der Waals surface area contributed by atoms with Crippen LogP contribution >= 0.6 is 0 Å². The zero-order valence-corrected chi connectivity index (χ0v) is 9.74. The molecule has 1 heterocycles. The van der Waals surface area contributed by atoms with Crippen molar-refractivity contribution in [2.24, 2.45) is 5.92 Å². The molecule has 1 aromatic heterocycles. The van der Waals surface area contributed by atoms with Crippen LogP contribution in [0.25, 0.3) is 11.0 Å². The number of fused-ring (bicyclic) bond motifs is 1. The number of para-hydroxylation sites is 1. The molecule has 0 radical (unpaired) electrons. The summed E-state index contributed by atoms with van der Waals surface area (Å²) < 4.78 is 19.1. The van der Waals surface area contributed by atoms with E-state index in [-0.39, 0.29) is 17.3 Å². The van der Waals surface area contributed by atoms with Gasteiger partial charge in [0.25, 0.3) is 0 Å². The molecule has 1 saturated carbocycles. The van der Waals surface area contributed by atoms with Crippen LogP contribution in [0.1, 0.15) is 31.9 Å². The summed E-state index contributed by atoms with van der Waals surface area (Å²) in [4.78, 5) is 0. The summed E-state index contributed by atoms with van der Waals surface area (Å²) in [5, 5.41) is 11.3. The average Bonchev–Trinajstić information content (AvgIpc) is 2.86. The second kappa shape index (κ2) is 3.57. The Labute approximate surface area is 99.1 Å². The van der Waals surface area contributed by atoms with Gasteiger partial charge in [0.2, 0.25) is 0 Å². The van der Waals surface area contributed by atoms with Gasteiger partial charge < -0.3 is 9.52 Å². The van der Waals surface area contributed by atoms with Crippen LogP contribution < -0.4 is 0 Å². The molecule has 0 amide bonds. The number of halogens is 1. The summed E-state index contributed by atoms with van der Waals surface area (Å²) >= 11 is 0. The third-order valence-corrected chi connectivity index (χ3v) is 3.93. The summed E-state index contributed by atoms with van der Waals surface area (Å²) in [5.74, 6) is 0.289. The van der Waals surface area contributed by atoms with Crippen LogP contribution in [0.2, 0.25) is 0 Å². The smallest absolute Gasteiger partial charge is 0.170 e.